The van der Waals surface area contributed by atoms with Gasteiger partial charge in [0.1, 0.15) is 5.69 Å². The number of rotatable bonds is 3. The van der Waals surface area contributed by atoms with Gasteiger partial charge in [0.15, 0.2) is 0 Å². The van der Waals surface area contributed by atoms with Crippen LogP contribution in [0.5, 0.6) is 0 Å². The van der Waals surface area contributed by atoms with Gasteiger partial charge in [0.2, 0.25) is 0 Å². The van der Waals surface area contributed by atoms with Gasteiger partial charge >= 0.3 is 6.03 Å². The lowest BCUT2D eigenvalue weighted by Gasteiger charge is -2.39. The molecule has 7 heteroatoms. The van der Waals surface area contributed by atoms with Crippen molar-refractivity contribution in [3.05, 3.63) is 24.0 Å². The first-order valence-corrected chi connectivity index (χ1v) is 10.4. The molecule has 2 aliphatic heterocycles. The molecule has 7 nitrogen and oxygen atoms in total. The highest BCUT2D eigenvalue weighted by Gasteiger charge is 2.30. The van der Waals surface area contributed by atoms with Crippen LogP contribution in [0.15, 0.2) is 18.3 Å². The number of hydrogen-bond donors (Lipinski definition) is 2. The van der Waals surface area contributed by atoms with Crippen LogP contribution in [0.1, 0.15) is 49.0 Å². The summed E-state index contributed by atoms with van der Waals surface area (Å²) in [5.41, 5.74) is 0.613. The van der Waals surface area contributed by atoms with Crippen LogP contribution >= 0.6 is 0 Å². The van der Waals surface area contributed by atoms with E-state index >= 15 is 0 Å². The van der Waals surface area contributed by atoms with Crippen LogP contribution in [-0.2, 0) is 0 Å². The lowest BCUT2D eigenvalue weighted by Crippen LogP contribution is -2.57. The van der Waals surface area contributed by atoms with Crippen molar-refractivity contribution in [2.45, 2.75) is 50.6 Å². The number of piperazine rings is 1. The maximum Gasteiger partial charge on any atom is 0.317 e. The van der Waals surface area contributed by atoms with Gasteiger partial charge in [0.25, 0.3) is 5.91 Å². The van der Waals surface area contributed by atoms with Gasteiger partial charge in [0, 0.05) is 51.0 Å². The largest absolute Gasteiger partial charge is 0.357 e. The predicted octanol–water partition coefficient (Wildman–Crippen LogP) is 1.89. The highest BCUT2D eigenvalue weighted by Crippen LogP contribution is 2.26. The van der Waals surface area contributed by atoms with Gasteiger partial charge in [-0.25, -0.2) is 4.79 Å². The van der Waals surface area contributed by atoms with Crippen molar-refractivity contribution in [1.82, 2.24) is 25.0 Å². The minimum Gasteiger partial charge on any atom is -0.357 e. The first kappa shape index (κ1) is 18.3. The molecule has 1 aromatic rings. The molecule has 2 saturated heterocycles. The summed E-state index contributed by atoms with van der Waals surface area (Å²) in [7, 11) is 0. The summed E-state index contributed by atoms with van der Waals surface area (Å²) in [5, 5.41) is 3.25. The number of hydrogen-bond acceptors (Lipinski definition) is 3. The molecule has 1 unspecified atom stereocenters. The van der Waals surface area contributed by atoms with Gasteiger partial charge in [-0.05, 0) is 44.4 Å². The van der Waals surface area contributed by atoms with E-state index in [4.69, 9.17) is 0 Å². The van der Waals surface area contributed by atoms with Gasteiger partial charge in [0.05, 0.1) is 0 Å². The molecule has 3 amide bonds. The monoisotopic (exact) mass is 373 g/mol. The summed E-state index contributed by atoms with van der Waals surface area (Å²) in [4.78, 5) is 34.3. The molecule has 4 rings (SSSR count). The van der Waals surface area contributed by atoms with Crippen LogP contribution in [-0.4, -0.2) is 83.0 Å². The molecule has 1 aromatic heterocycles. The van der Waals surface area contributed by atoms with Gasteiger partial charge in [-0.1, -0.05) is 12.8 Å². The van der Waals surface area contributed by atoms with Crippen LogP contribution in [0.4, 0.5) is 4.79 Å². The minimum atomic E-state index is 0.0135. The fraction of sp³-hybridized carbons (Fsp3) is 0.700. The van der Waals surface area contributed by atoms with Crippen LogP contribution in [0, 0.1) is 0 Å². The maximum absolute atomic E-state index is 12.7. The maximum atomic E-state index is 12.7. The third-order valence-electron chi connectivity index (χ3n) is 6.30. The smallest absolute Gasteiger partial charge is 0.317 e. The van der Waals surface area contributed by atoms with Crippen molar-refractivity contribution >= 4 is 11.9 Å². The zero-order chi connectivity index (χ0) is 18.6. The summed E-state index contributed by atoms with van der Waals surface area (Å²) in [5.74, 6) is 0.0135. The number of likely N-dealkylation sites (tertiary alicyclic amines) is 1. The molecule has 1 saturated carbocycles. The third kappa shape index (κ3) is 4.29. The highest BCUT2D eigenvalue weighted by atomic mass is 16.2. The fourth-order valence-corrected chi connectivity index (χ4v) is 4.74. The van der Waals surface area contributed by atoms with Crippen molar-refractivity contribution in [2.24, 2.45) is 0 Å². The number of carbonyl (C=O) groups excluding carboxylic acids is 2. The average molecular weight is 374 g/mol. The van der Waals surface area contributed by atoms with E-state index in [2.05, 4.69) is 15.2 Å². The molecule has 0 aromatic carbocycles. The van der Waals surface area contributed by atoms with Crippen LogP contribution in [0.25, 0.3) is 0 Å². The molecule has 1 atom stereocenters. The van der Waals surface area contributed by atoms with E-state index in [1.807, 2.05) is 15.9 Å². The fourth-order valence-electron chi connectivity index (χ4n) is 4.74. The van der Waals surface area contributed by atoms with Crippen LogP contribution in [0.2, 0.25) is 0 Å². The second-order valence-electron chi connectivity index (χ2n) is 8.08. The Hall–Kier alpha value is -2.02. The number of urea groups is 1. The molecule has 0 radical (unpaired) electrons. The lowest BCUT2D eigenvalue weighted by molar-refractivity contribution is 0.0653. The first-order chi connectivity index (χ1) is 13.2. The van der Waals surface area contributed by atoms with Crippen LogP contribution in [0.3, 0.4) is 0 Å². The van der Waals surface area contributed by atoms with Crippen molar-refractivity contribution in [3.63, 3.8) is 0 Å². The normalized spacial score (nSPS) is 25.0. The number of nitrogens with one attached hydrogen (secondary N) is 2. The van der Waals surface area contributed by atoms with Crippen molar-refractivity contribution < 1.29 is 9.59 Å². The zero-order valence-corrected chi connectivity index (χ0v) is 16.0. The molecule has 3 heterocycles. The Kier molecular flexibility index (Phi) is 5.66. The Balaban J connectivity index is 1.24. The van der Waals surface area contributed by atoms with E-state index in [1.54, 1.807) is 12.3 Å². The highest BCUT2D eigenvalue weighted by molar-refractivity contribution is 5.92. The molecular weight excluding hydrogens is 342 g/mol. The average Bonchev–Trinajstić information content (AvgIpc) is 3.42. The Bertz CT molecular complexity index is 633. The van der Waals surface area contributed by atoms with E-state index in [0.717, 1.165) is 19.0 Å². The first-order valence-electron chi connectivity index (χ1n) is 10.4. The molecule has 0 bridgehead atoms. The second kappa shape index (κ2) is 8.33. The summed E-state index contributed by atoms with van der Waals surface area (Å²) >= 11 is 0. The molecule has 1 aliphatic carbocycles. The number of carbonyl (C=O) groups is 2. The molecule has 3 aliphatic rings. The summed E-state index contributed by atoms with van der Waals surface area (Å²) < 4.78 is 0. The number of amides is 3. The molecule has 27 heavy (non-hydrogen) atoms. The van der Waals surface area contributed by atoms with Gasteiger partial charge < -0.3 is 20.1 Å². The molecular formula is C20H31N5O2. The molecule has 0 spiro atoms. The van der Waals surface area contributed by atoms with Gasteiger partial charge in [-0.2, -0.15) is 0 Å². The van der Waals surface area contributed by atoms with E-state index in [9.17, 15) is 9.59 Å². The Morgan fingerprint density at radius 3 is 2.41 bits per heavy atom. The molecule has 148 valence electrons. The topological polar surface area (TPSA) is 71.7 Å². The second-order valence-corrected chi connectivity index (χ2v) is 8.08. The number of aromatic nitrogens is 1. The summed E-state index contributed by atoms with van der Waals surface area (Å²) in [6, 6.07) is 4.63. The Labute approximate surface area is 161 Å². The zero-order valence-electron chi connectivity index (χ0n) is 16.0. The SMILES string of the molecule is O=C(NC1CCCN(C2CCCC2)C1)N1CCN(C(=O)c2ccc[nH]2)CC1. The summed E-state index contributed by atoms with van der Waals surface area (Å²) in [6.45, 7) is 4.53. The quantitative estimate of drug-likeness (QED) is 0.850. The third-order valence-corrected chi connectivity index (χ3v) is 6.30. The molecule has 3 fully saturated rings. The number of nitrogens with zero attached hydrogens (tertiary/aromatic N) is 3. The number of H-pyrrole nitrogens is 1. The van der Waals surface area contributed by atoms with Crippen LogP contribution < -0.4 is 5.32 Å². The number of piperidine rings is 1. The minimum absolute atomic E-state index is 0.0135. The van der Waals surface area contributed by atoms with Gasteiger partial charge in [-0.3, -0.25) is 9.69 Å². The predicted molar refractivity (Wildman–Crippen MR) is 104 cm³/mol. The van der Waals surface area contributed by atoms with Crippen molar-refractivity contribution in [1.29, 1.82) is 0 Å². The van der Waals surface area contributed by atoms with Gasteiger partial charge in [-0.15, -0.1) is 0 Å². The van der Waals surface area contributed by atoms with E-state index < -0.39 is 0 Å². The van der Waals surface area contributed by atoms with E-state index in [0.29, 0.717) is 31.9 Å². The number of aromatic amines is 1. The van der Waals surface area contributed by atoms with E-state index in [-0.39, 0.29) is 18.0 Å². The Morgan fingerprint density at radius 2 is 1.70 bits per heavy atom. The molecule has 2 N–H and O–H groups in total. The Morgan fingerprint density at radius 1 is 0.963 bits per heavy atom. The summed E-state index contributed by atoms with van der Waals surface area (Å²) in [6.07, 6.45) is 9.33. The van der Waals surface area contributed by atoms with Crippen molar-refractivity contribution in [2.75, 3.05) is 39.3 Å². The standard InChI is InChI=1S/C20H31N5O2/c26-19(18-8-3-9-21-18)23-11-13-24(14-12-23)20(27)22-16-5-4-10-25(15-16)17-6-1-2-7-17/h3,8-9,16-17,21H,1-2,4-7,10-15H2,(H,22,27). The van der Waals surface area contributed by atoms with E-state index in [1.165, 1.54) is 38.6 Å². The van der Waals surface area contributed by atoms with Crippen molar-refractivity contribution in [3.8, 4) is 0 Å². The lowest BCUT2D eigenvalue weighted by atomic mass is 10.0.